The van der Waals surface area contributed by atoms with Crippen LogP contribution in [0.15, 0.2) is 51.8 Å². The van der Waals surface area contributed by atoms with E-state index in [9.17, 15) is 8.42 Å². The number of nitrogen functional groups attached to an aromatic ring is 1. The third-order valence-electron chi connectivity index (χ3n) is 2.51. The highest BCUT2D eigenvalue weighted by Crippen LogP contribution is 2.27. The number of benzene rings is 2. The summed E-state index contributed by atoms with van der Waals surface area (Å²) in [5.41, 5.74) is 6.69. The third-order valence-corrected chi connectivity index (χ3v) is 4.56. The molecule has 0 saturated carbocycles. The standard InChI is InChI=1S/C13H10BrN3O2S/c14-12-5-4-10(16)7-13(12)17-20(18,19)11-3-1-2-9(6-11)8-15/h1-7,17H,16H2. The fourth-order valence-electron chi connectivity index (χ4n) is 1.56. The number of nitrogens with two attached hydrogens (primary N) is 1. The van der Waals surface area contributed by atoms with Crippen molar-refractivity contribution in [1.82, 2.24) is 0 Å². The molecule has 5 nitrogen and oxygen atoms in total. The number of nitrogens with one attached hydrogen (secondary N) is 1. The van der Waals surface area contributed by atoms with Gasteiger partial charge in [0.05, 0.1) is 22.2 Å². The molecule has 2 aromatic carbocycles. The summed E-state index contributed by atoms with van der Waals surface area (Å²) in [6.45, 7) is 0. The molecule has 0 bridgehead atoms. The van der Waals surface area contributed by atoms with Gasteiger partial charge in [-0.2, -0.15) is 5.26 Å². The third kappa shape index (κ3) is 3.10. The predicted molar refractivity (Wildman–Crippen MR) is 80.5 cm³/mol. The highest BCUT2D eigenvalue weighted by molar-refractivity contribution is 9.10. The minimum Gasteiger partial charge on any atom is -0.399 e. The fourth-order valence-corrected chi connectivity index (χ4v) is 3.15. The molecule has 3 N–H and O–H groups in total. The van der Waals surface area contributed by atoms with Crippen LogP contribution in [0.1, 0.15) is 5.56 Å². The smallest absolute Gasteiger partial charge is 0.261 e. The number of hydrogen-bond donors (Lipinski definition) is 2. The average Bonchev–Trinajstić information content (AvgIpc) is 2.43. The molecular weight excluding hydrogens is 342 g/mol. The summed E-state index contributed by atoms with van der Waals surface area (Å²) in [4.78, 5) is 0.0193. The summed E-state index contributed by atoms with van der Waals surface area (Å²) in [5, 5.41) is 8.81. The van der Waals surface area contributed by atoms with Gasteiger partial charge in [-0.05, 0) is 52.3 Å². The van der Waals surface area contributed by atoms with Crippen LogP contribution in [-0.4, -0.2) is 8.42 Å². The Hall–Kier alpha value is -2.04. The van der Waals surface area contributed by atoms with E-state index in [-0.39, 0.29) is 10.5 Å². The second-order valence-corrected chi connectivity index (χ2v) is 6.52. The van der Waals surface area contributed by atoms with E-state index in [1.807, 2.05) is 6.07 Å². The minimum atomic E-state index is -3.77. The molecule has 2 rings (SSSR count). The van der Waals surface area contributed by atoms with Crippen molar-refractivity contribution < 1.29 is 8.42 Å². The van der Waals surface area contributed by atoms with Crippen LogP contribution in [0.5, 0.6) is 0 Å². The van der Waals surface area contributed by atoms with E-state index in [1.165, 1.54) is 30.3 Å². The molecular formula is C13H10BrN3O2S. The summed E-state index contributed by atoms with van der Waals surface area (Å²) >= 11 is 3.25. The highest BCUT2D eigenvalue weighted by Gasteiger charge is 2.16. The fraction of sp³-hybridized carbons (Fsp3) is 0. The van der Waals surface area contributed by atoms with Gasteiger partial charge in [0, 0.05) is 10.2 Å². The molecule has 7 heteroatoms. The molecule has 2 aromatic rings. The molecule has 0 fully saturated rings. The first-order valence-corrected chi connectivity index (χ1v) is 7.78. The lowest BCUT2D eigenvalue weighted by molar-refractivity contribution is 0.601. The van der Waals surface area contributed by atoms with Crippen molar-refractivity contribution in [2.24, 2.45) is 0 Å². The molecule has 0 spiro atoms. The Labute approximate surface area is 125 Å². The van der Waals surface area contributed by atoms with Gasteiger partial charge >= 0.3 is 0 Å². The van der Waals surface area contributed by atoms with Crippen molar-refractivity contribution in [2.75, 3.05) is 10.5 Å². The van der Waals surface area contributed by atoms with Crippen LogP contribution in [0.3, 0.4) is 0 Å². The maximum Gasteiger partial charge on any atom is 0.261 e. The van der Waals surface area contributed by atoms with Crippen LogP contribution in [0, 0.1) is 11.3 Å². The molecule has 0 saturated heterocycles. The summed E-state index contributed by atoms with van der Waals surface area (Å²) in [7, 11) is -3.77. The molecule has 0 aliphatic heterocycles. The van der Waals surface area contributed by atoms with Gasteiger partial charge < -0.3 is 5.73 Å². The van der Waals surface area contributed by atoms with Gasteiger partial charge in [0.2, 0.25) is 0 Å². The van der Waals surface area contributed by atoms with Crippen LogP contribution in [-0.2, 0) is 10.0 Å². The first-order chi connectivity index (χ1) is 9.42. The van der Waals surface area contributed by atoms with Gasteiger partial charge in [-0.15, -0.1) is 0 Å². The van der Waals surface area contributed by atoms with E-state index in [2.05, 4.69) is 20.7 Å². The van der Waals surface area contributed by atoms with Crippen molar-refractivity contribution in [2.45, 2.75) is 4.90 Å². The first-order valence-electron chi connectivity index (χ1n) is 5.50. The van der Waals surface area contributed by atoms with Gasteiger partial charge in [-0.1, -0.05) is 6.07 Å². The van der Waals surface area contributed by atoms with Crippen molar-refractivity contribution >= 4 is 37.3 Å². The minimum absolute atomic E-state index is 0.0193. The second-order valence-electron chi connectivity index (χ2n) is 3.98. The maximum atomic E-state index is 12.3. The number of hydrogen-bond acceptors (Lipinski definition) is 4. The van der Waals surface area contributed by atoms with Gasteiger partial charge in [0.15, 0.2) is 0 Å². The van der Waals surface area contributed by atoms with E-state index in [4.69, 9.17) is 11.0 Å². The Balaban J connectivity index is 2.41. The quantitative estimate of drug-likeness (QED) is 0.830. The molecule has 0 aliphatic carbocycles. The van der Waals surface area contributed by atoms with E-state index < -0.39 is 10.0 Å². The van der Waals surface area contributed by atoms with Crippen LogP contribution >= 0.6 is 15.9 Å². The van der Waals surface area contributed by atoms with E-state index in [0.717, 1.165) is 0 Å². The first kappa shape index (κ1) is 14.4. The SMILES string of the molecule is N#Cc1cccc(S(=O)(=O)Nc2cc(N)ccc2Br)c1. The molecule has 0 aliphatic rings. The number of halogens is 1. The normalized spacial score (nSPS) is 10.8. The molecule has 0 amide bonds. The Morgan fingerprint density at radius 3 is 2.65 bits per heavy atom. The lowest BCUT2D eigenvalue weighted by Crippen LogP contribution is -2.13. The number of anilines is 2. The van der Waals surface area contributed by atoms with Crippen molar-refractivity contribution in [1.29, 1.82) is 5.26 Å². The van der Waals surface area contributed by atoms with Crippen molar-refractivity contribution in [3.63, 3.8) is 0 Å². The Morgan fingerprint density at radius 2 is 1.95 bits per heavy atom. The molecule has 20 heavy (non-hydrogen) atoms. The maximum absolute atomic E-state index is 12.3. The Kier molecular flexibility index (Phi) is 3.97. The van der Waals surface area contributed by atoms with E-state index in [0.29, 0.717) is 15.8 Å². The number of sulfonamides is 1. The largest absolute Gasteiger partial charge is 0.399 e. The molecule has 102 valence electrons. The lowest BCUT2D eigenvalue weighted by atomic mass is 10.2. The van der Waals surface area contributed by atoms with Crippen LogP contribution in [0.2, 0.25) is 0 Å². The van der Waals surface area contributed by atoms with Crippen molar-refractivity contribution in [3.8, 4) is 6.07 Å². The summed E-state index contributed by atoms with van der Waals surface area (Å²) in [6.07, 6.45) is 0. The Bertz CT molecular complexity index is 798. The van der Waals surface area contributed by atoms with E-state index >= 15 is 0 Å². The molecule has 0 atom stereocenters. The summed E-state index contributed by atoms with van der Waals surface area (Å²) in [5.74, 6) is 0. The zero-order valence-electron chi connectivity index (χ0n) is 10.2. The van der Waals surface area contributed by atoms with E-state index in [1.54, 1.807) is 12.1 Å². The number of rotatable bonds is 3. The van der Waals surface area contributed by atoms with Crippen LogP contribution < -0.4 is 10.5 Å². The molecule has 0 heterocycles. The number of nitriles is 1. The van der Waals surface area contributed by atoms with Gasteiger partial charge in [-0.3, -0.25) is 4.72 Å². The van der Waals surface area contributed by atoms with Gasteiger partial charge in [0.1, 0.15) is 0 Å². The average molecular weight is 352 g/mol. The lowest BCUT2D eigenvalue weighted by Gasteiger charge is -2.10. The predicted octanol–water partition coefficient (Wildman–Crippen LogP) is 2.70. The highest BCUT2D eigenvalue weighted by atomic mass is 79.9. The monoisotopic (exact) mass is 351 g/mol. The van der Waals surface area contributed by atoms with Crippen LogP contribution in [0.25, 0.3) is 0 Å². The molecule has 0 radical (unpaired) electrons. The zero-order valence-corrected chi connectivity index (χ0v) is 12.6. The summed E-state index contributed by atoms with van der Waals surface area (Å²) < 4.78 is 27.5. The van der Waals surface area contributed by atoms with Crippen LogP contribution in [0.4, 0.5) is 11.4 Å². The van der Waals surface area contributed by atoms with Gasteiger partial charge in [-0.25, -0.2) is 8.42 Å². The zero-order chi connectivity index (χ0) is 14.8. The van der Waals surface area contributed by atoms with Gasteiger partial charge in [0.25, 0.3) is 10.0 Å². The Morgan fingerprint density at radius 1 is 1.20 bits per heavy atom. The molecule has 0 aromatic heterocycles. The number of nitrogens with zero attached hydrogens (tertiary/aromatic N) is 1. The van der Waals surface area contributed by atoms with Crippen molar-refractivity contribution in [3.05, 3.63) is 52.5 Å². The topological polar surface area (TPSA) is 96.0 Å². The second kappa shape index (κ2) is 5.53. The summed E-state index contributed by atoms with van der Waals surface area (Å²) in [6, 6.07) is 12.5. The molecule has 0 unspecified atom stereocenters.